The zero-order valence-electron chi connectivity index (χ0n) is 10.3. The molecule has 0 saturated carbocycles. The molecule has 2 aromatic heterocycles. The van der Waals surface area contributed by atoms with Gasteiger partial charge in [0.25, 0.3) is 0 Å². The SMILES string of the molecule is CN(CCCn1cccc1)Cc1ccccn1. The minimum absolute atomic E-state index is 0.923. The normalized spacial score (nSPS) is 10.9. The molecule has 2 rings (SSSR count). The molecule has 3 nitrogen and oxygen atoms in total. The quantitative estimate of drug-likeness (QED) is 0.758. The fourth-order valence-corrected chi connectivity index (χ4v) is 1.89. The number of aromatic nitrogens is 2. The first-order valence-corrected chi connectivity index (χ1v) is 6.04. The molecule has 0 N–H and O–H groups in total. The van der Waals surface area contributed by atoms with Crippen LogP contribution < -0.4 is 0 Å². The van der Waals surface area contributed by atoms with E-state index in [1.54, 1.807) is 0 Å². The number of nitrogens with zero attached hydrogens (tertiary/aromatic N) is 3. The van der Waals surface area contributed by atoms with Crippen molar-refractivity contribution in [2.45, 2.75) is 19.5 Å². The Kier molecular flexibility index (Phi) is 4.33. The van der Waals surface area contributed by atoms with Crippen LogP contribution in [0.1, 0.15) is 12.1 Å². The first kappa shape index (κ1) is 11.9. The Labute approximate surface area is 103 Å². The van der Waals surface area contributed by atoms with Crippen LogP contribution in [0.15, 0.2) is 48.9 Å². The molecule has 0 atom stereocenters. The highest BCUT2D eigenvalue weighted by Gasteiger charge is 2.00. The highest BCUT2D eigenvalue weighted by molar-refractivity contribution is 5.02. The third kappa shape index (κ3) is 4.04. The maximum atomic E-state index is 4.33. The van der Waals surface area contributed by atoms with Gasteiger partial charge in [0, 0.05) is 31.7 Å². The number of pyridine rings is 1. The fourth-order valence-electron chi connectivity index (χ4n) is 1.89. The molecule has 0 aliphatic heterocycles. The van der Waals surface area contributed by atoms with Gasteiger partial charge in [-0.3, -0.25) is 4.98 Å². The maximum absolute atomic E-state index is 4.33. The lowest BCUT2D eigenvalue weighted by molar-refractivity contribution is 0.311. The molecule has 90 valence electrons. The Balaban J connectivity index is 1.69. The third-order valence-corrected chi connectivity index (χ3v) is 2.78. The van der Waals surface area contributed by atoms with Crippen LogP contribution in [-0.2, 0) is 13.1 Å². The van der Waals surface area contributed by atoms with Gasteiger partial charge in [-0.2, -0.15) is 0 Å². The number of aryl methyl sites for hydroxylation is 1. The van der Waals surface area contributed by atoms with Crippen LogP contribution in [0, 0.1) is 0 Å². The standard InChI is InChI=1S/C14H19N3/c1-16(13-14-7-2-3-8-15-14)9-6-12-17-10-4-5-11-17/h2-5,7-8,10-11H,6,9,12-13H2,1H3. The number of hydrogen-bond donors (Lipinski definition) is 0. The van der Waals surface area contributed by atoms with E-state index in [0.29, 0.717) is 0 Å². The van der Waals surface area contributed by atoms with Crippen LogP contribution in [0.5, 0.6) is 0 Å². The largest absolute Gasteiger partial charge is 0.354 e. The lowest BCUT2D eigenvalue weighted by atomic mass is 10.3. The van der Waals surface area contributed by atoms with Crippen LogP contribution >= 0.6 is 0 Å². The fraction of sp³-hybridized carbons (Fsp3) is 0.357. The van der Waals surface area contributed by atoms with Crippen LogP contribution in [0.4, 0.5) is 0 Å². The highest BCUT2D eigenvalue weighted by atomic mass is 15.1. The van der Waals surface area contributed by atoms with Gasteiger partial charge in [-0.25, -0.2) is 0 Å². The maximum Gasteiger partial charge on any atom is 0.0543 e. The molecule has 0 radical (unpaired) electrons. The van der Waals surface area contributed by atoms with Crippen LogP contribution in [0.3, 0.4) is 0 Å². The van der Waals surface area contributed by atoms with Crippen molar-refractivity contribution in [2.24, 2.45) is 0 Å². The van der Waals surface area contributed by atoms with Crippen molar-refractivity contribution >= 4 is 0 Å². The Hall–Kier alpha value is -1.61. The summed E-state index contributed by atoms with van der Waals surface area (Å²) in [7, 11) is 2.14. The van der Waals surface area contributed by atoms with E-state index in [9.17, 15) is 0 Å². The van der Waals surface area contributed by atoms with Crippen molar-refractivity contribution in [1.82, 2.24) is 14.5 Å². The molecular weight excluding hydrogens is 210 g/mol. The zero-order chi connectivity index (χ0) is 11.9. The summed E-state index contributed by atoms with van der Waals surface area (Å²) < 4.78 is 2.22. The van der Waals surface area contributed by atoms with Crippen LogP contribution in [-0.4, -0.2) is 28.0 Å². The molecule has 3 heteroatoms. The summed E-state index contributed by atoms with van der Waals surface area (Å²) >= 11 is 0. The van der Waals surface area contributed by atoms with Gasteiger partial charge in [-0.1, -0.05) is 6.07 Å². The molecule has 2 aromatic rings. The summed E-state index contributed by atoms with van der Waals surface area (Å²) in [5.74, 6) is 0. The van der Waals surface area contributed by atoms with Crippen LogP contribution in [0.2, 0.25) is 0 Å². The zero-order valence-corrected chi connectivity index (χ0v) is 10.3. The number of rotatable bonds is 6. The monoisotopic (exact) mass is 229 g/mol. The van der Waals surface area contributed by atoms with Crippen molar-refractivity contribution in [1.29, 1.82) is 0 Å². The van der Waals surface area contributed by atoms with E-state index >= 15 is 0 Å². The topological polar surface area (TPSA) is 21.1 Å². The Morgan fingerprint density at radius 2 is 2.00 bits per heavy atom. The lowest BCUT2D eigenvalue weighted by Crippen LogP contribution is -2.20. The summed E-state index contributed by atoms with van der Waals surface area (Å²) in [4.78, 5) is 6.64. The van der Waals surface area contributed by atoms with Crippen molar-refractivity contribution in [3.63, 3.8) is 0 Å². The van der Waals surface area contributed by atoms with Crippen molar-refractivity contribution in [3.8, 4) is 0 Å². The van der Waals surface area contributed by atoms with E-state index in [-0.39, 0.29) is 0 Å². The molecule has 0 unspecified atom stereocenters. The minimum Gasteiger partial charge on any atom is -0.354 e. The predicted octanol–water partition coefficient (Wildman–Crippen LogP) is 2.41. The molecule has 0 saturated heterocycles. The first-order chi connectivity index (χ1) is 8.34. The first-order valence-electron chi connectivity index (χ1n) is 6.04. The van der Waals surface area contributed by atoms with E-state index in [0.717, 1.165) is 31.7 Å². The molecule has 0 spiro atoms. The van der Waals surface area contributed by atoms with E-state index in [4.69, 9.17) is 0 Å². The predicted molar refractivity (Wildman–Crippen MR) is 69.6 cm³/mol. The average molecular weight is 229 g/mol. The summed E-state index contributed by atoms with van der Waals surface area (Å²) in [5, 5.41) is 0. The summed E-state index contributed by atoms with van der Waals surface area (Å²) in [6.45, 7) is 3.10. The Bertz CT molecular complexity index is 408. The van der Waals surface area contributed by atoms with E-state index in [2.05, 4.69) is 52.1 Å². The highest BCUT2D eigenvalue weighted by Crippen LogP contribution is 2.00. The second kappa shape index (κ2) is 6.21. The molecule has 0 amide bonds. The molecule has 17 heavy (non-hydrogen) atoms. The van der Waals surface area contributed by atoms with Crippen molar-refractivity contribution in [2.75, 3.05) is 13.6 Å². The molecule has 0 aromatic carbocycles. The summed E-state index contributed by atoms with van der Waals surface area (Å²) in [6.07, 6.45) is 7.23. The van der Waals surface area contributed by atoms with Gasteiger partial charge in [0.15, 0.2) is 0 Å². The van der Waals surface area contributed by atoms with Gasteiger partial charge in [0.05, 0.1) is 5.69 Å². The Morgan fingerprint density at radius 3 is 2.71 bits per heavy atom. The smallest absolute Gasteiger partial charge is 0.0543 e. The molecular formula is C14H19N3. The molecule has 0 aliphatic carbocycles. The second-order valence-electron chi connectivity index (χ2n) is 4.33. The molecule has 0 aliphatic rings. The van der Waals surface area contributed by atoms with Gasteiger partial charge in [0.2, 0.25) is 0 Å². The second-order valence-corrected chi connectivity index (χ2v) is 4.33. The number of hydrogen-bond acceptors (Lipinski definition) is 2. The summed E-state index contributed by atoms with van der Waals surface area (Å²) in [6, 6.07) is 10.2. The van der Waals surface area contributed by atoms with Crippen molar-refractivity contribution < 1.29 is 0 Å². The van der Waals surface area contributed by atoms with Gasteiger partial charge >= 0.3 is 0 Å². The summed E-state index contributed by atoms with van der Waals surface area (Å²) in [5.41, 5.74) is 1.14. The van der Waals surface area contributed by atoms with Gasteiger partial charge in [-0.05, 0) is 44.3 Å². The Morgan fingerprint density at radius 1 is 1.18 bits per heavy atom. The van der Waals surface area contributed by atoms with Gasteiger partial charge < -0.3 is 9.47 Å². The van der Waals surface area contributed by atoms with E-state index < -0.39 is 0 Å². The third-order valence-electron chi connectivity index (χ3n) is 2.78. The van der Waals surface area contributed by atoms with E-state index in [1.165, 1.54) is 0 Å². The average Bonchev–Trinajstić information content (AvgIpc) is 2.83. The minimum atomic E-state index is 0.923. The lowest BCUT2D eigenvalue weighted by Gasteiger charge is -2.16. The molecule has 0 fully saturated rings. The molecule has 2 heterocycles. The van der Waals surface area contributed by atoms with Crippen molar-refractivity contribution in [3.05, 3.63) is 54.6 Å². The molecule has 0 bridgehead atoms. The van der Waals surface area contributed by atoms with Gasteiger partial charge in [-0.15, -0.1) is 0 Å². The van der Waals surface area contributed by atoms with Gasteiger partial charge in [0.1, 0.15) is 0 Å². The van der Waals surface area contributed by atoms with E-state index in [1.807, 2.05) is 18.3 Å². The van der Waals surface area contributed by atoms with Crippen LogP contribution in [0.25, 0.3) is 0 Å².